The molecule has 0 aliphatic heterocycles. The number of aromatic nitrogens is 3. The van der Waals surface area contributed by atoms with E-state index in [9.17, 15) is 9.18 Å². The van der Waals surface area contributed by atoms with Gasteiger partial charge in [0.15, 0.2) is 5.65 Å². The number of benzene rings is 1. The molecule has 0 radical (unpaired) electrons. The number of halogens is 1. The van der Waals surface area contributed by atoms with Crippen molar-refractivity contribution in [2.24, 2.45) is 5.92 Å². The van der Waals surface area contributed by atoms with Gasteiger partial charge in [0.25, 0.3) is 5.91 Å². The van der Waals surface area contributed by atoms with Crippen LogP contribution in [0.4, 0.5) is 15.8 Å². The van der Waals surface area contributed by atoms with E-state index in [4.69, 9.17) is 5.73 Å². The molecule has 1 aromatic carbocycles. The molecular formula is C18H20FN5O. The number of nitrogen functional groups attached to an aromatic ring is 1. The molecule has 2 heterocycles. The largest absolute Gasteiger partial charge is 0.397 e. The molecule has 3 rings (SSSR count). The topological polar surface area (TPSA) is 85.8 Å². The average molecular weight is 341 g/mol. The van der Waals surface area contributed by atoms with Crippen LogP contribution >= 0.6 is 0 Å². The highest BCUT2D eigenvalue weighted by Crippen LogP contribution is 2.21. The van der Waals surface area contributed by atoms with Gasteiger partial charge in [0.2, 0.25) is 0 Å². The first-order valence-corrected chi connectivity index (χ1v) is 8.12. The highest BCUT2D eigenvalue weighted by Gasteiger charge is 2.12. The van der Waals surface area contributed by atoms with Gasteiger partial charge in [-0.25, -0.2) is 14.1 Å². The first kappa shape index (κ1) is 16.9. The summed E-state index contributed by atoms with van der Waals surface area (Å²) in [6.45, 7) is 5.08. The Morgan fingerprint density at radius 1 is 1.32 bits per heavy atom. The highest BCUT2D eigenvalue weighted by atomic mass is 19.1. The molecule has 130 valence electrons. The summed E-state index contributed by atoms with van der Waals surface area (Å²) in [6, 6.07) is 5.55. The van der Waals surface area contributed by atoms with E-state index >= 15 is 0 Å². The summed E-state index contributed by atoms with van der Waals surface area (Å²) in [4.78, 5) is 16.7. The van der Waals surface area contributed by atoms with Gasteiger partial charge in [-0.15, -0.1) is 0 Å². The number of pyridine rings is 1. The van der Waals surface area contributed by atoms with Gasteiger partial charge in [-0.05, 0) is 36.6 Å². The maximum atomic E-state index is 13.3. The van der Waals surface area contributed by atoms with Crippen LogP contribution in [0.2, 0.25) is 0 Å². The Bertz CT molecular complexity index is 919. The molecule has 0 aliphatic carbocycles. The van der Waals surface area contributed by atoms with Crippen LogP contribution in [0.1, 0.15) is 30.6 Å². The predicted octanol–water partition coefficient (Wildman–Crippen LogP) is 3.45. The van der Waals surface area contributed by atoms with E-state index in [2.05, 4.69) is 29.2 Å². The molecule has 2 aromatic heterocycles. The maximum absolute atomic E-state index is 13.3. The monoisotopic (exact) mass is 341 g/mol. The maximum Gasteiger partial charge on any atom is 0.257 e. The van der Waals surface area contributed by atoms with Crippen LogP contribution in [0.3, 0.4) is 0 Å². The molecule has 0 fully saturated rings. The van der Waals surface area contributed by atoms with Gasteiger partial charge in [0.05, 0.1) is 23.1 Å². The summed E-state index contributed by atoms with van der Waals surface area (Å²) >= 11 is 0. The summed E-state index contributed by atoms with van der Waals surface area (Å²) in [5.41, 5.74) is 7.39. The fraction of sp³-hybridized carbons (Fsp3) is 0.278. The first-order chi connectivity index (χ1) is 11.9. The lowest BCUT2D eigenvalue weighted by Gasteiger charge is -2.08. The van der Waals surface area contributed by atoms with Crippen LogP contribution in [-0.2, 0) is 6.54 Å². The Kier molecular flexibility index (Phi) is 4.65. The Morgan fingerprint density at radius 2 is 2.12 bits per heavy atom. The van der Waals surface area contributed by atoms with Crippen LogP contribution < -0.4 is 11.1 Å². The molecule has 0 saturated heterocycles. The van der Waals surface area contributed by atoms with E-state index in [-0.39, 0.29) is 5.69 Å². The molecule has 1 amide bonds. The lowest BCUT2D eigenvalue weighted by atomic mass is 10.1. The SMILES string of the molecule is CC(C)CCn1ncc2cc(C(=O)Nc3cc(F)ccc3N)cnc21. The molecule has 25 heavy (non-hydrogen) atoms. The van der Waals surface area contributed by atoms with Crippen molar-refractivity contribution in [3.8, 4) is 0 Å². The second-order valence-electron chi connectivity index (χ2n) is 6.37. The quantitative estimate of drug-likeness (QED) is 0.696. The number of fused-ring (bicyclic) bond motifs is 1. The summed E-state index contributed by atoms with van der Waals surface area (Å²) in [5, 5.41) is 7.72. The number of carbonyl (C=O) groups is 1. The molecule has 0 aliphatic rings. The van der Waals surface area contributed by atoms with Crippen LogP contribution in [0.25, 0.3) is 11.0 Å². The Hall–Kier alpha value is -2.96. The lowest BCUT2D eigenvalue weighted by molar-refractivity contribution is 0.102. The summed E-state index contributed by atoms with van der Waals surface area (Å²) in [5.74, 6) is -0.299. The average Bonchev–Trinajstić information content (AvgIpc) is 2.98. The number of aryl methyl sites for hydroxylation is 1. The Labute approximate surface area is 144 Å². The standard InChI is InChI=1S/C18H20FN5O/c1-11(2)5-6-24-17-12(10-22-24)7-13(9-21-17)18(25)23-16-8-14(19)3-4-15(16)20/h3-4,7-11H,5-6,20H2,1-2H3,(H,23,25). The molecule has 6 nitrogen and oxygen atoms in total. The Morgan fingerprint density at radius 3 is 2.88 bits per heavy atom. The number of nitrogens with two attached hydrogens (primary N) is 1. The minimum Gasteiger partial charge on any atom is -0.397 e. The molecule has 0 bridgehead atoms. The number of hydrogen-bond acceptors (Lipinski definition) is 4. The van der Waals surface area contributed by atoms with Crippen molar-refractivity contribution in [1.29, 1.82) is 0 Å². The number of nitrogens with zero attached hydrogens (tertiary/aromatic N) is 3. The summed E-state index contributed by atoms with van der Waals surface area (Å²) in [7, 11) is 0. The third-order valence-corrected chi connectivity index (χ3v) is 3.92. The van der Waals surface area contributed by atoms with Crippen molar-refractivity contribution >= 4 is 28.3 Å². The van der Waals surface area contributed by atoms with Crippen LogP contribution in [0, 0.1) is 11.7 Å². The van der Waals surface area contributed by atoms with Crippen molar-refractivity contribution in [1.82, 2.24) is 14.8 Å². The number of nitrogens with one attached hydrogen (secondary N) is 1. The zero-order valence-corrected chi connectivity index (χ0v) is 14.2. The zero-order chi connectivity index (χ0) is 18.0. The van der Waals surface area contributed by atoms with E-state index in [1.807, 2.05) is 4.68 Å². The van der Waals surface area contributed by atoms with E-state index in [0.29, 0.717) is 17.2 Å². The van der Waals surface area contributed by atoms with Crippen LogP contribution in [0.5, 0.6) is 0 Å². The third kappa shape index (κ3) is 3.76. The molecule has 3 N–H and O–H groups in total. The van der Waals surface area contributed by atoms with Gasteiger partial charge >= 0.3 is 0 Å². The normalized spacial score (nSPS) is 11.2. The van der Waals surface area contributed by atoms with Crippen molar-refractivity contribution < 1.29 is 9.18 Å². The van der Waals surface area contributed by atoms with Crippen molar-refractivity contribution in [2.45, 2.75) is 26.8 Å². The smallest absolute Gasteiger partial charge is 0.257 e. The highest BCUT2D eigenvalue weighted by molar-refractivity contribution is 6.06. The van der Waals surface area contributed by atoms with Gasteiger partial charge in [-0.2, -0.15) is 5.10 Å². The van der Waals surface area contributed by atoms with Crippen molar-refractivity contribution in [3.05, 3.63) is 48.0 Å². The molecular weight excluding hydrogens is 321 g/mol. The molecule has 3 aromatic rings. The van der Waals surface area contributed by atoms with Gasteiger partial charge < -0.3 is 11.1 Å². The molecule has 0 unspecified atom stereocenters. The lowest BCUT2D eigenvalue weighted by Crippen LogP contribution is -2.14. The van der Waals surface area contributed by atoms with Gasteiger partial charge in [-0.1, -0.05) is 13.8 Å². The zero-order valence-electron chi connectivity index (χ0n) is 14.2. The van der Waals surface area contributed by atoms with E-state index in [0.717, 1.165) is 24.0 Å². The molecule has 0 spiro atoms. The fourth-order valence-corrected chi connectivity index (χ4v) is 2.47. The number of rotatable bonds is 5. The molecule has 7 heteroatoms. The van der Waals surface area contributed by atoms with Gasteiger partial charge in [0, 0.05) is 18.1 Å². The minimum absolute atomic E-state index is 0.234. The van der Waals surface area contributed by atoms with Crippen LogP contribution in [-0.4, -0.2) is 20.7 Å². The number of carbonyl (C=O) groups excluding carboxylic acids is 1. The van der Waals surface area contributed by atoms with Gasteiger partial charge in [0.1, 0.15) is 5.82 Å². The van der Waals surface area contributed by atoms with E-state index < -0.39 is 11.7 Å². The van der Waals surface area contributed by atoms with Crippen LogP contribution in [0.15, 0.2) is 36.7 Å². The number of amides is 1. The minimum atomic E-state index is -0.468. The third-order valence-electron chi connectivity index (χ3n) is 3.92. The second kappa shape index (κ2) is 6.88. The van der Waals surface area contributed by atoms with Crippen molar-refractivity contribution in [3.63, 3.8) is 0 Å². The predicted molar refractivity (Wildman–Crippen MR) is 95.7 cm³/mol. The molecule has 0 atom stereocenters. The summed E-state index contributed by atoms with van der Waals surface area (Å²) in [6.07, 6.45) is 4.18. The number of hydrogen-bond donors (Lipinski definition) is 2. The Balaban J connectivity index is 1.81. The first-order valence-electron chi connectivity index (χ1n) is 8.12. The van der Waals surface area contributed by atoms with E-state index in [1.165, 1.54) is 24.4 Å². The second-order valence-corrected chi connectivity index (χ2v) is 6.37. The van der Waals surface area contributed by atoms with Crippen molar-refractivity contribution in [2.75, 3.05) is 11.1 Å². The van der Waals surface area contributed by atoms with Gasteiger partial charge in [-0.3, -0.25) is 4.79 Å². The number of anilines is 2. The van der Waals surface area contributed by atoms with E-state index in [1.54, 1.807) is 12.3 Å². The molecule has 0 saturated carbocycles. The fourth-order valence-electron chi connectivity index (χ4n) is 2.47. The summed E-state index contributed by atoms with van der Waals surface area (Å²) < 4.78 is 15.1.